The number of methoxy groups -OCH3 is 8. The molecule has 0 atom stereocenters. The normalized spacial score (nSPS) is 14.0. The molecule has 5 aromatic rings. The number of ether oxygens (including phenoxy) is 9. The Morgan fingerprint density at radius 1 is 0.467 bits per heavy atom. The average Bonchev–Trinajstić information content (AvgIpc) is 3.31. The third kappa shape index (κ3) is 8.48. The predicted molar refractivity (Wildman–Crippen MR) is 227 cm³/mol. The maximum absolute atomic E-state index is 14.0. The van der Waals surface area contributed by atoms with E-state index in [1.807, 2.05) is 48.5 Å². The first-order valence-corrected chi connectivity index (χ1v) is 18.5. The van der Waals surface area contributed by atoms with Crippen LogP contribution < -0.4 is 37.9 Å². The Balaban J connectivity index is 1.34. The van der Waals surface area contributed by atoms with E-state index in [4.69, 9.17) is 47.0 Å². The summed E-state index contributed by atoms with van der Waals surface area (Å²) in [6.45, 7) is 0. The van der Waals surface area contributed by atoms with E-state index < -0.39 is 0 Å². The topological polar surface area (TPSA) is 132 Å². The average molecular weight is 812 g/mol. The van der Waals surface area contributed by atoms with Crippen molar-refractivity contribution in [3.05, 3.63) is 142 Å². The van der Waals surface area contributed by atoms with Crippen molar-refractivity contribution in [2.24, 2.45) is 0 Å². The fourth-order valence-electron chi connectivity index (χ4n) is 6.62. The highest BCUT2D eigenvalue weighted by atomic mass is 16.5. The Hall–Kier alpha value is -7.60. The van der Waals surface area contributed by atoms with Gasteiger partial charge in [-0.15, -0.1) is 0 Å². The van der Waals surface area contributed by atoms with E-state index in [-0.39, 0.29) is 22.7 Å². The van der Waals surface area contributed by atoms with Crippen LogP contribution in [0.1, 0.15) is 16.7 Å². The number of carbonyl (C=O) groups is 1. The molecule has 12 nitrogen and oxygen atoms in total. The van der Waals surface area contributed by atoms with Gasteiger partial charge in [-0.05, 0) is 84.0 Å². The van der Waals surface area contributed by atoms with Crippen LogP contribution in [0.15, 0.2) is 130 Å². The number of ketones is 1. The summed E-state index contributed by atoms with van der Waals surface area (Å²) in [5.74, 6) is 5.66. The number of hydrogen-bond acceptors (Lipinski definition) is 11. The number of hydrogen-bond donors (Lipinski definition) is 1. The first kappa shape index (κ1) is 40.6. The number of allylic oxidation sites excluding steroid dienone is 6. The standard InChI is InChI=1S/C48H42O12/c1-51-33-15-29(16-34(23-33)52-2)43-11-27(12-44(59-43)30-17-35(53-3)24-36(18-30)54-4)9-41-47(49)42(48(41)50)10-28-13-45(31-19-37(55-5)25-38(20-31)56-6)60-46(14-28)32-21-39(57-7)26-40(22-32)58-8/h9-26H,1-8H3/p+1. The van der Waals surface area contributed by atoms with E-state index in [9.17, 15) is 9.90 Å². The number of carbonyl (C=O) groups excluding carboxylic acids is 1. The molecule has 0 unspecified atom stereocenters. The lowest BCUT2D eigenvalue weighted by Crippen LogP contribution is -2.21. The fraction of sp³-hybridized carbons (Fsp3) is 0.167. The zero-order chi connectivity index (χ0) is 42.5. The van der Waals surface area contributed by atoms with Gasteiger partial charge in [-0.3, -0.25) is 4.79 Å². The second-order valence-electron chi connectivity index (χ2n) is 13.4. The molecule has 1 N–H and O–H groups in total. The predicted octanol–water partition coefficient (Wildman–Crippen LogP) is 9.78. The molecule has 0 bridgehead atoms. The molecule has 0 fully saturated rings. The molecule has 0 saturated heterocycles. The molecule has 60 heavy (non-hydrogen) atoms. The summed E-state index contributed by atoms with van der Waals surface area (Å²) < 4.78 is 57.2. The van der Waals surface area contributed by atoms with Crippen LogP contribution in [-0.2, 0) is 9.53 Å². The third-order valence-corrected chi connectivity index (χ3v) is 9.80. The van der Waals surface area contributed by atoms with Crippen molar-refractivity contribution in [2.45, 2.75) is 0 Å². The Morgan fingerprint density at radius 2 is 0.800 bits per heavy atom. The molecule has 4 aromatic carbocycles. The molecule has 1 aliphatic heterocycles. The minimum absolute atomic E-state index is 0.118. The maximum atomic E-state index is 14.0. The molecule has 2 aliphatic rings. The Kier molecular flexibility index (Phi) is 11.8. The van der Waals surface area contributed by atoms with Crippen LogP contribution in [0.25, 0.3) is 40.2 Å². The summed E-state index contributed by atoms with van der Waals surface area (Å²) in [5.41, 5.74) is 3.99. The first-order valence-electron chi connectivity index (χ1n) is 18.5. The van der Waals surface area contributed by atoms with Crippen molar-refractivity contribution in [3.8, 4) is 68.6 Å². The lowest BCUT2D eigenvalue weighted by molar-refractivity contribution is -0.113. The summed E-state index contributed by atoms with van der Waals surface area (Å²) in [5, 5.41) is 11.5. The van der Waals surface area contributed by atoms with Gasteiger partial charge >= 0.3 is 11.5 Å². The van der Waals surface area contributed by atoms with Crippen LogP contribution in [0.4, 0.5) is 0 Å². The molecular weight excluding hydrogens is 769 g/mol. The molecule has 0 spiro atoms. The van der Waals surface area contributed by atoms with Crippen molar-refractivity contribution in [2.75, 3.05) is 56.9 Å². The van der Waals surface area contributed by atoms with E-state index in [0.717, 1.165) is 0 Å². The zero-order valence-corrected chi connectivity index (χ0v) is 34.3. The summed E-state index contributed by atoms with van der Waals surface area (Å²) in [4.78, 5) is 14.0. The van der Waals surface area contributed by atoms with E-state index in [1.54, 1.807) is 118 Å². The van der Waals surface area contributed by atoms with Gasteiger partial charge in [0.1, 0.15) is 63.3 Å². The van der Waals surface area contributed by atoms with Crippen LogP contribution in [0.3, 0.4) is 0 Å². The van der Waals surface area contributed by atoms with Crippen molar-refractivity contribution >= 4 is 23.4 Å². The Labute approximate surface area is 347 Å². The third-order valence-electron chi connectivity index (χ3n) is 9.80. The highest BCUT2D eigenvalue weighted by molar-refractivity contribution is 6.23. The molecular formula is C48H43O12+. The van der Waals surface area contributed by atoms with Crippen molar-refractivity contribution in [1.82, 2.24) is 0 Å². The van der Waals surface area contributed by atoms with Crippen LogP contribution in [0.5, 0.6) is 46.0 Å². The number of aliphatic hydroxyl groups excluding tert-OH is 1. The van der Waals surface area contributed by atoms with Crippen LogP contribution in [-0.4, -0.2) is 67.8 Å². The molecule has 7 rings (SSSR count). The molecule has 2 heterocycles. The van der Waals surface area contributed by atoms with Gasteiger partial charge in [0.25, 0.3) is 0 Å². The number of rotatable bonds is 14. The smallest absolute Gasteiger partial charge is 0.361 e. The van der Waals surface area contributed by atoms with Gasteiger partial charge < -0.3 is 47.7 Å². The molecule has 12 heteroatoms. The minimum Gasteiger partial charge on any atom is -0.506 e. The van der Waals surface area contributed by atoms with Gasteiger partial charge in [0.15, 0.2) is 0 Å². The Morgan fingerprint density at radius 3 is 1.12 bits per heavy atom. The highest BCUT2D eigenvalue weighted by Crippen LogP contribution is 2.41. The maximum Gasteiger partial charge on any atom is 0.361 e. The van der Waals surface area contributed by atoms with Gasteiger partial charge in [-0.1, -0.05) is 0 Å². The quantitative estimate of drug-likeness (QED) is 0.0846. The number of benzene rings is 4. The lowest BCUT2D eigenvalue weighted by atomic mass is 9.85. The second-order valence-corrected chi connectivity index (χ2v) is 13.4. The van der Waals surface area contributed by atoms with Crippen LogP contribution >= 0.6 is 0 Å². The van der Waals surface area contributed by atoms with Crippen molar-refractivity contribution in [3.63, 3.8) is 0 Å². The first-order chi connectivity index (χ1) is 29.1. The molecule has 1 aliphatic carbocycles. The van der Waals surface area contributed by atoms with E-state index in [2.05, 4.69) is 0 Å². The van der Waals surface area contributed by atoms with E-state index in [1.165, 1.54) is 0 Å². The van der Waals surface area contributed by atoms with Gasteiger partial charge in [0.05, 0.1) is 91.3 Å². The van der Waals surface area contributed by atoms with Gasteiger partial charge in [-0.2, -0.15) is 0 Å². The lowest BCUT2D eigenvalue weighted by Gasteiger charge is -2.22. The van der Waals surface area contributed by atoms with Gasteiger partial charge in [-0.25, -0.2) is 4.42 Å². The minimum atomic E-state index is -0.363. The van der Waals surface area contributed by atoms with E-state index >= 15 is 0 Å². The molecule has 0 radical (unpaired) electrons. The summed E-state index contributed by atoms with van der Waals surface area (Å²) in [7, 11) is 12.5. The monoisotopic (exact) mass is 811 g/mol. The summed E-state index contributed by atoms with van der Waals surface area (Å²) in [6.07, 6.45) is 6.78. The number of aliphatic hydroxyl groups is 1. The summed E-state index contributed by atoms with van der Waals surface area (Å²) in [6, 6.07) is 25.0. The summed E-state index contributed by atoms with van der Waals surface area (Å²) >= 11 is 0. The van der Waals surface area contributed by atoms with Gasteiger partial charge in [0.2, 0.25) is 5.78 Å². The van der Waals surface area contributed by atoms with Crippen molar-refractivity contribution < 1.29 is 56.9 Å². The molecule has 306 valence electrons. The Bertz CT molecular complexity index is 2410. The van der Waals surface area contributed by atoms with Crippen LogP contribution in [0.2, 0.25) is 0 Å². The fourth-order valence-corrected chi connectivity index (χ4v) is 6.62. The largest absolute Gasteiger partial charge is 0.506 e. The van der Waals surface area contributed by atoms with Crippen molar-refractivity contribution in [1.29, 1.82) is 0 Å². The second kappa shape index (κ2) is 17.5. The van der Waals surface area contributed by atoms with Gasteiger partial charge in [0, 0.05) is 35.4 Å². The molecule has 0 amide bonds. The highest BCUT2D eigenvalue weighted by Gasteiger charge is 2.33. The van der Waals surface area contributed by atoms with E-state index in [0.29, 0.717) is 102 Å². The molecule has 0 saturated carbocycles. The SMILES string of the molecule is COc1cc(OC)cc(C2=CC(=CC3=C(O)C(=Cc4cc(-c5cc(OC)cc(OC)c5)[o+]c(-c5cc(OC)cc(OC)c5)c4)C3=O)C=C(c3cc(OC)cc(OC)c3)O2)c1. The zero-order valence-electron chi connectivity index (χ0n) is 34.3. The molecule has 1 aromatic heterocycles. The number of Topliss-reactive ketones (excluding diaryl/α,β-unsaturated/α-hetero) is 1. The van der Waals surface area contributed by atoms with Crippen LogP contribution in [0, 0.1) is 0 Å².